The van der Waals surface area contributed by atoms with E-state index in [1.807, 2.05) is 30.3 Å². The van der Waals surface area contributed by atoms with Crippen molar-refractivity contribution < 1.29 is 9.53 Å². The lowest BCUT2D eigenvalue weighted by Gasteiger charge is -2.08. The number of para-hydroxylation sites is 1. The summed E-state index contributed by atoms with van der Waals surface area (Å²) in [7, 11) is 0. The molecule has 0 aliphatic carbocycles. The lowest BCUT2D eigenvalue weighted by atomic mass is 10.2. The molecule has 1 heterocycles. The molecule has 3 aromatic rings. The molecule has 4 nitrogen and oxygen atoms in total. The molecule has 1 aromatic heterocycles. The third-order valence-electron chi connectivity index (χ3n) is 3.47. The van der Waals surface area contributed by atoms with Gasteiger partial charge in [-0.1, -0.05) is 29.8 Å². The van der Waals surface area contributed by atoms with Gasteiger partial charge in [-0.15, -0.1) is 11.8 Å². The van der Waals surface area contributed by atoms with Crippen molar-refractivity contribution in [2.24, 2.45) is 0 Å². The normalized spacial score (nSPS) is 10.6. The van der Waals surface area contributed by atoms with Crippen LogP contribution in [-0.2, 0) is 4.79 Å². The van der Waals surface area contributed by atoms with Crippen LogP contribution in [0.5, 0.6) is 5.75 Å². The first-order valence-electron chi connectivity index (χ1n) is 7.84. The van der Waals surface area contributed by atoms with Gasteiger partial charge in [0.1, 0.15) is 12.4 Å². The van der Waals surface area contributed by atoms with E-state index < -0.39 is 0 Å². The van der Waals surface area contributed by atoms with Crippen LogP contribution in [0.15, 0.2) is 65.7 Å². The summed E-state index contributed by atoms with van der Waals surface area (Å²) in [5.74, 6) is 1.07. The summed E-state index contributed by atoms with van der Waals surface area (Å²) in [6.07, 6.45) is 1.77. The van der Waals surface area contributed by atoms with Crippen LogP contribution >= 0.6 is 23.4 Å². The van der Waals surface area contributed by atoms with E-state index in [4.69, 9.17) is 16.3 Å². The Labute approximate surface area is 155 Å². The van der Waals surface area contributed by atoms with Crippen LogP contribution in [0.1, 0.15) is 0 Å². The van der Waals surface area contributed by atoms with Gasteiger partial charge in [0.25, 0.3) is 0 Å². The average molecular weight is 373 g/mol. The van der Waals surface area contributed by atoms with Gasteiger partial charge in [0.05, 0.1) is 17.8 Å². The minimum Gasteiger partial charge on any atom is -0.492 e. The van der Waals surface area contributed by atoms with Crippen LogP contribution < -0.4 is 10.1 Å². The lowest BCUT2D eigenvalue weighted by Crippen LogP contribution is -2.29. The lowest BCUT2D eigenvalue weighted by molar-refractivity contribution is -0.118. The fourth-order valence-corrected chi connectivity index (χ4v) is 3.28. The molecule has 0 saturated heterocycles. The molecule has 2 aromatic carbocycles. The molecule has 0 aliphatic rings. The Bertz CT molecular complexity index is 850. The van der Waals surface area contributed by atoms with Crippen LogP contribution in [0, 0.1) is 0 Å². The van der Waals surface area contributed by atoms with Crippen molar-refractivity contribution in [2.45, 2.75) is 4.90 Å². The highest BCUT2D eigenvalue weighted by molar-refractivity contribution is 8.00. The zero-order valence-corrected chi connectivity index (χ0v) is 15.0. The number of carbonyl (C=O) groups excluding carboxylic acids is 1. The summed E-state index contributed by atoms with van der Waals surface area (Å²) in [6, 6.07) is 17.0. The van der Waals surface area contributed by atoms with Gasteiger partial charge in [0, 0.05) is 21.5 Å². The zero-order chi connectivity index (χ0) is 17.5. The minimum atomic E-state index is -0.0226. The predicted octanol–water partition coefficient (Wildman–Crippen LogP) is 4.18. The van der Waals surface area contributed by atoms with Crippen molar-refractivity contribution in [3.05, 3.63) is 65.8 Å². The van der Waals surface area contributed by atoms with Gasteiger partial charge in [-0.2, -0.15) is 0 Å². The number of nitrogens with one attached hydrogen (secondary N) is 1. The minimum absolute atomic E-state index is 0.0226. The molecule has 128 valence electrons. The number of thioether (sulfide) groups is 1. The molecule has 6 heteroatoms. The molecule has 0 atom stereocenters. The molecule has 0 bridgehead atoms. The van der Waals surface area contributed by atoms with Crippen molar-refractivity contribution in [1.82, 2.24) is 10.3 Å². The second-order valence-corrected chi connectivity index (χ2v) is 6.72. The first-order chi connectivity index (χ1) is 12.2. The van der Waals surface area contributed by atoms with E-state index in [0.717, 1.165) is 21.5 Å². The Kier molecular flexibility index (Phi) is 6.14. The van der Waals surface area contributed by atoms with E-state index in [1.54, 1.807) is 30.5 Å². The highest BCUT2D eigenvalue weighted by Crippen LogP contribution is 2.26. The van der Waals surface area contributed by atoms with Gasteiger partial charge in [0.2, 0.25) is 5.91 Å². The maximum atomic E-state index is 12.0. The molecular weight excluding hydrogens is 356 g/mol. The molecule has 0 fully saturated rings. The molecular formula is C19H17ClN2O2S. The Morgan fingerprint density at radius 2 is 1.92 bits per heavy atom. The van der Waals surface area contributed by atoms with E-state index in [-0.39, 0.29) is 5.91 Å². The largest absolute Gasteiger partial charge is 0.492 e. The van der Waals surface area contributed by atoms with Crippen molar-refractivity contribution in [2.75, 3.05) is 18.9 Å². The summed E-state index contributed by atoms with van der Waals surface area (Å²) < 4.78 is 5.54. The SMILES string of the molecule is O=C(CSc1ccnc2ccccc12)NCCOc1ccc(Cl)cc1. The number of carbonyl (C=O) groups is 1. The summed E-state index contributed by atoms with van der Waals surface area (Å²) in [5.41, 5.74) is 0.935. The van der Waals surface area contributed by atoms with E-state index in [0.29, 0.717) is 23.9 Å². The fourth-order valence-electron chi connectivity index (χ4n) is 2.28. The van der Waals surface area contributed by atoms with Gasteiger partial charge >= 0.3 is 0 Å². The number of pyridine rings is 1. The standard InChI is InChI=1S/C19H17ClN2O2S/c20-14-5-7-15(8-6-14)24-12-11-22-19(23)13-25-18-9-10-21-17-4-2-1-3-16(17)18/h1-10H,11-13H2,(H,22,23). The predicted molar refractivity (Wildman–Crippen MR) is 102 cm³/mol. The number of rotatable bonds is 7. The van der Waals surface area contributed by atoms with Crippen molar-refractivity contribution >= 4 is 40.2 Å². The number of fused-ring (bicyclic) bond motifs is 1. The maximum absolute atomic E-state index is 12.0. The molecule has 0 radical (unpaired) electrons. The van der Waals surface area contributed by atoms with E-state index >= 15 is 0 Å². The third-order valence-corrected chi connectivity index (χ3v) is 4.80. The number of amides is 1. The van der Waals surface area contributed by atoms with E-state index in [1.165, 1.54) is 11.8 Å². The molecule has 0 saturated carbocycles. The van der Waals surface area contributed by atoms with Crippen LogP contribution in [0.3, 0.4) is 0 Å². The summed E-state index contributed by atoms with van der Waals surface area (Å²) >= 11 is 7.32. The zero-order valence-electron chi connectivity index (χ0n) is 13.4. The summed E-state index contributed by atoms with van der Waals surface area (Å²) in [4.78, 5) is 17.4. The van der Waals surface area contributed by atoms with Crippen LogP contribution in [-0.4, -0.2) is 29.8 Å². The summed E-state index contributed by atoms with van der Waals surface area (Å²) in [6.45, 7) is 0.870. The van der Waals surface area contributed by atoms with E-state index in [2.05, 4.69) is 10.3 Å². The Morgan fingerprint density at radius 3 is 2.76 bits per heavy atom. The van der Waals surface area contributed by atoms with Gasteiger partial charge < -0.3 is 10.1 Å². The molecule has 0 unspecified atom stereocenters. The monoisotopic (exact) mass is 372 g/mol. The Morgan fingerprint density at radius 1 is 1.12 bits per heavy atom. The first-order valence-corrected chi connectivity index (χ1v) is 9.20. The van der Waals surface area contributed by atoms with Crippen LogP contribution in [0.4, 0.5) is 0 Å². The Hall–Kier alpha value is -2.24. The van der Waals surface area contributed by atoms with Crippen LogP contribution in [0.25, 0.3) is 10.9 Å². The van der Waals surface area contributed by atoms with Crippen molar-refractivity contribution in [3.8, 4) is 5.75 Å². The highest BCUT2D eigenvalue weighted by Gasteiger charge is 2.06. The topological polar surface area (TPSA) is 51.2 Å². The van der Waals surface area contributed by atoms with E-state index in [9.17, 15) is 4.79 Å². The molecule has 1 N–H and O–H groups in total. The maximum Gasteiger partial charge on any atom is 0.230 e. The second-order valence-electron chi connectivity index (χ2n) is 5.27. The molecule has 0 aliphatic heterocycles. The Balaban J connectivity index is 1.42. The number of nitrogens with zero attached hydrogens (tertiary/aromatic N) is 1. The van der Waals surface area contributed by atoms with Gasteiger partial charge in [-0.3, -0.25) is 9.78 Å². The van der Waals surface area contributed by atoms with Gasteiger partial charge in [-0.25, -0.2) is 0 Å². The number of hydrogen-bond donors (Lipinski definition) is 1. The molecule has 3 rings (SSSR count). The smallest absolute Gasteiger partial charge is 0.230 e. The molecule has 0 spiro atoms. The van der Waals surface area contributed by atoms with Gasteiger partial charge in [-0.05, 0) is 36.4 Å². The number of hydrogen-bond acceptors (Lipinski definition) is 4. The molecule has 1 amide bonds. The first kappa shape index (κ1) is 17.6. The third kappa shape index (κ3) is 5.11. The average Bonchev–Trinajstić information content (AvgIpc) is 2.65. The number of ether oxygens (including phenoxy) is 1. The number of aromatic nitrogens is 1. The summed E-state index contributed by atoms with van der Waals surface area (Å²) in [5, 5.41) is 4.59. The van der Waals surface area contributed by atoms with Crippen molar-refractivity contribution in [1.29, 1.82) is 0 Å². The van der Waals surface area contributed by atoms with Gasteiger partial charge in [0.15, 0.2) is 0 Å². The number of halogens is 1. The second kappa shape index (κ2) is 8.74. The van der Waals surface area contributed by atoms with Crippen LogP contribution in [0.2, 0.25) is 5.02 Å². The number of benzene rings is 2. The van der Waals surface area contributed by atoms with Crippen molar-refractivity contribution in [3.63, 3.8) is 0 Å². The quantitative estimate of drug-likeness (QED) is 0.499. The fraction of sp³-hybridized carbons (Fsp3) is 0.158. The molecule has 25 heavy (non-hydrogen) atoms. The highest BCUT2D eigenvalue weighted by atomic mass is 35.5.